The van der Waals surface area contributed by atoms with Crippen LogP contribution < -0.4 is 5.32 Å². The van der Waals surface area contributed by atoms with Crippen molar-refractivity contribution < 1.29 is 4.79 Å². The summed E-state index contributed by atoms with van der Waals surface area (Å²) in [4.78, 5) is 12.9. The minimum atomic E-state index is -0.0203. The predicted molar refractivity (Wildman–Crippen MR) is 84.9 cm³/mol. The van der Waals surface area contributed by atoms with Crippen molar-refractivity contribution in [3.8, 4) is 0 Å². The Hall–Kier alpha value is -1.26. The van der Waals surface area contributed by atoms with Gasteiger partial charge in [-0.2, -0.15) is 0 Å². The highest BCUT2D eigenvalue weighted by Gasteiger charge is 2.06. The molecule has 0 atom stereocenters. The van der Waals surface area contributed by atoms with E-state index in [9.17, 15) is 4.79 Å². The highest BCUT2D eigenvalue weighted by atomic mass is 79.9. The third-order valence-corrected chi connectivity index (χ3v) is 3.57. The van der Waals surface area contributed by atoms with Gasteiger partial charge in [0.25, 0.3) is 0 Å². The summed E-state index contributed by atoms with van der Waals surface area (Å²) in [6, 6.07) is 13.4. The van der Waals surface area contributed by atoms with Crippen LogP contribution in [0.25, 0.3) is 0 Å². The van der Waals surface area contributed by atoms with Crippen LogP contribution in [0.3, 0.4) is 0 Å². The van der Waals surface area contributed by atoms with Crippen LogP contribution in [0, 0.1) is 6.92 Å². The van der Waals surface area contributed by atoms with Gasteiger partial charge in [0.05, 0.1) is 6.42 Å². The van der Waals surface area contributed by atoms with Crippen LogP contribution in [0.5, 0.6) is 0 Å². The Bertz CT molecular complexity index is 596. The van der Waals surface area contributed by atoms with Gasteiger partial charge in [-0.25, -0.2) is 0 Å². The zero-order valence-corrected chi connectivity index (χ0v) is 13.0. The number of nitrogens with one attached hydrogen (secondary N) is 1. The lowest BCUT2D eigenvalue weighted by Gasteiger charge is -2.09. The van der Waals surface area contributed by atoms with Gasteiger partial charge in [-0.05, 0) is 42.3 Å². The summed E-state index contributed by atoms with van der Waals surface area (Å²) in [6.07, 6.45) is 0.361. The molecule has 0 aliphatic carbocycles. The molecule has 0 unspecified atom stereocenters. The van der Waals surface area contributed by atoms with E-state index in [0.29, 0.717) is 6.42 Å². The molecule has 2 rings (SSSR count). The van der Waals surface area contributed by atoms with Crippen LogP contribution in [0.15, 0.2) is 51.8 Å². The van der Waals surface area contributed by atoms with E-state index in [4.69, 9.17) is 0 Å². The topological polar surface area (TPSA) is 29.1 Å². The number of hydrogen-bond acceptors (Lipinski definition) is 2. The highest BCUT2D eigenvalue weighted by molar-refractivity contribution is 9.10. The van der Waals surface area contributed by atoms with Crippen LogP contribution in [0.4, 0.5) is 5.69 Å². The fourth-order valence-electron chi connectivity index (χ4n) is 1.72. The molecular formula is C15H14BrNOS. The van der Waals surface area contributed by atoms with Gasteiger partial charge < -0.3 is 5.32 Å². The minimum Gasteiger partial charge on any atom is -0.326 e. The molecule has 0 spiro atoms. The Morgan fingerprint density at radius 1 is 1.21 bits per heavy atom. The van der Waals surface area contributed by atoms with E-state index < -0.39 is 0 Å². The van der Waals surface area contributed by atoms with Gasteiger partial charge in [0.15, 0.2) is 0 Å². The lowest BCUT2D eigenvalue weighted by atomic mass is 10.1. The van der Waals surface area contributed by atoms with Crippen molar-refractivity contribution in [3.63, 3.8) is 0 Å². The maximum atomic E-state index is 12.0. The summed E-state index contributed by atoms with van der Waals surface area (Å²) in [5.74, 6) is -0.0203. The van der Waals surface area contributed by atoms with E-state index >= 15 is 0 Å². The molecule has 98 valence electrons. The standard InChI is InChI=1S/C15H14BrNOS/c1-10-2-5-12(16)9-14(10)17-15(18)8-11-3-6-13(19)7-4-11/h2-7,9,19H,8H2,1H3,(H,17,18). The molecule has 0 saturated heterocycles. The Balaban J connectivity index is 2.05. The van der Waals surface area contributed by atoms with Crippen LogP contribution in [-0.4, -0.2) is 5.91 Å². The summed E-state index contributed by atoms with van der Waals surface area (Å²) in [6.45, 7) is 1.97. The second-order valence-electron chi connectivity index (χ2n) is 4.35. The largest absolute Gasteiger partial charge is 0.326 e. The summed E-state index contributed by atoms with van der Waals surface area (Å²) >= 11 is 7.62. The zero-order chi connectivity index (χ0) is 13.8. The van der Waals surface area contributed by atoms with Crippen LogP contribution >= 0.6 is 28.6 Å². The van der Waals surface area contributed by atoms with Crippen LogP contribution in [0.2, 0.25) is 0 Å². The van der Waals surface area contributed by atoms with Crippen molar-refractivity contribution in [1.82, 2.24) is 0 Å². The number of thiol groups is 1. The van der Waals surface area contributed by atoms with Crippen molar-refractivity contribution >= 4 is 40.2 Å². The van der Waals surface area contributed by atoms with E-state index in [1.807, 2.05) is 49.4 Å². The maximum absolute atomic E-state index is 12.0. The first-order valence-electron chi connectivity index (χ1n) is 5.88. The molecule has 0 radical (unpaired) electrons. The number of hydrogen-bond donors (Lipinski definition) is 2. The number of halogens is 1. The first-order chi connectivity index (χ1) is 9.04. The SMILES string of the molecule is Cc1ccc(Br)cc1NC(=O)Cc1ccc(S)cc1. The summed E-state index contributed by atoms with van der Waals surface area (Å²) < 4.78 is 0.952. The molecule has 2 aromatic rings. The van der Waals surface area contributed by atoms with E-state index in [1.54, 1.807) is 0 Å². The quantitative estimate of drug-likeness (QED) is 0.807. The van der Waals surface area contributed by atoms with E-state index in [0.717, 1.165) is 26.2 Å². The van der Waals surface area contributed by atoms with Gasteiger partial charge in [-0.1, -0.05) is 34.1 Å². The summed E-state index contributed by atoms with van der Waals surface area (Å²) in [5, 5.41) is 2.93. The number of carbonyl (C=O) groups is 1. The van der Waals surface area contributed by atoms with Gasteiger partial charge in [0, 0.05) is 15.1 Å². The third-order valence-electron chi connectivity index (χ3n) is 2.77. The Labute approximate surface area is 126 Å². The number of rotatable bonds is 3. The molecule has 0 aromatic heterocycles. The van der Waals surface area contributed by atoms with E-state index in [1.165, 1.54) is 0 Å². The van der Waals surface area contributed by atoms with E-state index in [-0.39, 0.29) is 5.91 Å². The van der Waals surface area contributed by atoms with Gasteiger partial charge in [-0.15, -0.1) is 12.6 Å². The molecular weight excluding hydrogens is 322 g/mol. The Morgan fingerprint density at radius 2 is 1.89 bits per heavy atom. The Kier molecular flexibility index (Phi) is 4.66. The van der Waals surface area contributed by atoms with Crippen LogP contribution in [0.1, 0.15) is 11.1 Å². The molecule has 19 heavy (non-hydrogen) atoms. The number of amides is 1. The monoisotopic (exact) mass is 335 g/mol. The predicted octanol–water partition coefficient (Wildman–Crippen LogP) is 4.23. The molecule has 4 heteroatoms. The molecule has 1 N–H and O–H groups in total. The van der Waals surface area contributed by atoms with Crippen molar-refractivity contribution in [3.05, 3.63) is 58.1 Å². The Morgan fingerprint density at radius 3 is 2.58 bits per heavy atom. The first kappa shape index (κ1) is 14.2. The minimum absolute atomic E-state index is 0.0203. The molecule has 1 amide bonds. The second kappa shape index (κ2) is 6.26. The average molecular weight is 336 g/mol. The second-order valence-corrected chi connectivity index (χ2v) is 5.78. The smallest absolute Gasteiger partial charge is 0.228 e. The third kappa shape index (κ3) is 4.11. The normalized spacial score (nSPS) is 10.3. The van der Waals surface area contributed by atoms with Gasteiger partial charge in [0.1, 0.15) is 0 Å². The molecule has 0 fully saturated rings. The molecule has 0 aliphatic rings. The molecule has 0 aliphatic heterocycles. The fourth-order valence-corrected chi connectivity index (χ4v) is 2.23. The molecule has 2 nitrogen and oxygen atoms in total. The lowest BCUT2D eigenvalue weighted by Crippen LogP contribution is -2.15. The first-order valence-corrected chi connectivity index (χ1v) is 7.12. The van der Waals surface area contributed by atoms with Crippen molar-refractivity contribution in [2.75, 3.05) is 5.32 Å². The summed E-state index contributed by atoms with van der Waals surface area (Å²) in [7, 11) is 0. The van der Waals surface area contributed by atoms with Crippen molar-refractivity contribution in [1.29, 1.82) is 0 Å². The number of aryl methyl sites for hydroxylation is 1. The lowest BCUT2D eigenvalue weighted by molar-refractivity contribution is -0.115. The molecule has 0 heterocycles. The van der Waals surface area contributed by atoms with Gasteiger partial charge in [-0.3, -0.25) is 4.79 Å². The molecule has 2 aromatic carbocycles. The van der Waals surface area contributed by atoms with Crippen LogP contribution in [-0.2, 0) is 11.2 Å². The maximum Gasteiger partial charge on any atom is 0.228 e. The van der Waals surface area contributed by atoms with E-state index in [2.05, 4.69) is 33.9 Å². The fraction of sp³-hybridized carbons (Fsp3) is 0.133. The van der Waals surface area contributed by atoms with Gasteiger partial charge in [0.2, 0.25) is 5.91 Å². The molecule has 0 saturated carbocycles. The van der Waals surface area contributed by atoms with Crippen molar-refractivity contribution in [2.24, 2.45) is 0 Å². The summed E-state index contributed by atoms with van der Waals surface area (Å²) in [5.41, 5.74) is 2.86. The number of benzene rings is 2. The highest BCUT2D eigenvalue weighted by Crippen LogP contribution is 2.20. The van der Waals surface area contributed by atoms with Gasteiger partial charge >= 0.3 is 0 Å². The number of carbonyl (C=O) groups excluding carboxylic acids is 1. The zero-order valence-electron chi connectivity index (χ0n) is 10.5. The number of anilines is 1. The van der Waals surface area contributed by atoms with Crippen molar-refractivity contribution in [2.45, 2.75) is 18.2 Å². The average Bonchev–Trinajstić information content (AvgIpc) is 2.37. The molecule has 0 bridgehead atoms.